The maximum Gasteiger partial charge on any atom is 0.253 e. The largest absolute Gasteiger partial charge is 0.345 e. The lowest BCUT2D eigenvalue weighted by molar-refractivity contribution is -0.122. The molecule has 2 amide bonds. The first-order valence-corrected chi connectivity index (χ1v) is 8.20. The Balaban J connectivity index is 1.95. The quantitative estimate of drug-likeness (QED) is 0.848. The lowest BCUT2D eigenvalue weighted by atomic mass is 9.81. The van der Waals surface area contributed by atoms with Gasteiger partial charge in [0.05, 0.1) is 6.54 Å². The van der Waals surface area contributed by atoms with E-state index in [0.29, 0.717) is 24.8 Å². The molecule has 0 saturated carbocycles. The molecule has 2 rings (SSSR count). The Hall–Kier alpha value is -2.28. The number of piperidine rings is 1. The van der Waals surface area contributed by atoms with E-state index < -0.39 is 0 Å². The maximum atomic E-state index is 12.6. The zero-order valence-electron chi connectivity index (χ0n) is 13.6. The minimum atomic E-state index is 0.00855. The van der Waals surface area contributed by atoms with E-state index in [0.717, 1.165) is 24.9 Å². The summed E-state index contributed by atoms with van der Waals surface area (Å²) in [5, 5.41) is 2.73. The van der Waals surface area contributed by atoms with E-state index in [-0.39, 0.29) is 18.4 Å². The van der Waals surface area contributed by atoms with E-state index in [1.165, 1.54) is 0 Å². The molecular weight excluding hydrogens is 288 g/mol. The SMILES string of the molecule is C#CCNC(=O)CC1CCN(C(=O)c2ccccc2)CC1CC. The Morgan fingerprint density at radius 2 is 2.04 bits per heavy atom. The van der Waals surface area contributed by atoms with Crippen molar-refractivity contribution in [3.63, 3.8) is 0 Å². The van der Waals surface area contributed by atoms with Crippen LogP contribution in [0.5, 0.6) is 0 Å². The van der Waals surface area contributed by atoms with Gasteiger partial charge in [0.15, 0.2) is 0 Å². The summed E-state index contributed by atoms with van der Waals surface area (Å²) in [6, 6.07) is 9.37. The number of carbonyl (C=O) groups is 2. The second-order valence-corrected chi connectivity index (χ2v) is 6.02. The number of terminal acetylenes is 1. The van der Waals surface area contributed by atoms with Crippen LogP contribution in [0.4, 0.5) is 0 Å². The monoisotopic (exact) mass is 312 g/mol. The Morgan fingerprint density at radius 1 is 1.30 bits per heavy atom. The Kier molecular flexibility index (Phi) is 6.22. The van der Waals surface area contributed by atoms with Crippen LogP contribution in [0.1, 0.15) is 36.5 Å². The molecule has 1 saturated heterocycles. The van der Waals surface area contributed by atoms with Crippen molar-refractivity contribution in [2.75, 3.05) is 19.6 Å². The highest BCUT2D eigenvalue weighted by Gasteiger charge is 2.31. The van der Waals surface area contributed by atoms with Crippen LogP contribution in [-0.4, -0.2) is 36.3 Å². The van der Waals surface area contributed by atoms with Gasteiger partial charge in [-0.3, -0.25) is 9.59 Å². The van der Waals surface area contributed by atoms with Crippen molar-refractivity contribution in [1.29, 1.82) is 0 Å². The van der Waals surface area contributed by atoms with Gasteiger partial charge in [-0.05, 0) is 30.4 Å². The van der Waals surface area contributed by atoms with Crippen molar-refractivity contribution in [3.8, 4) is 12.3 Å². The summed E-state index contributed by atoms with van der Waals surface area (Å²) < 4.78 is 0. The number of hydrogen-bond acceptors (Lipinski definition) is 2. The smallest absolute Gasteiger partial charge is 0.253 e. The number of benzene rings is 1. The van der Waals surface area contributed by atoms with Gasteiger partial charge in [0, 0.05) is 25.1 Å². The average Bonchev–Trinajstić information content (AvgIpc) is 2.60. The predicted molar refractivity (Wildman–Crippen MR) is 90.7 cm³/mol. The molecule has 0 spiro atoms. The summed E-state index contributed by atoms with van der Waals surface area (Å²) in [6.07, 6.45) is 7.48. The number of hydrogen-bond donors (Lipinski definition) is 1. The average molecular weight is 312 g/mol. The third-order valence-corrected chi connectivity index (χ3v) is 4.56. The van der Waals surface area contributed by atoms with Crippen LogP contribution in [0.15, 0.2) is 30.3 Å². The van der Waals surface area contributed by atoms with Crippen LogP contribution in [0.25, 0.3) is 0 Å². The van der Waals surface area contributed by atoms with E-state index in [9.17, 15) is 9.59 Å². The van der Waals surface area contributed by atoms with E-state index >= 15 is 0 Å². The predicted octanol–water partition coefficient (Wildman–Crippen LogP) is 2.31. The van der Waals surface area contributed by atoms with Crippen molar-refractivity contribution in [2.45, 2.75) is 26.2 Å². The molecule has 0 aromatic heterocycles. The van der Waals surface area contributed by atoms with E-state index in [4.69, 9.17) is 6.42 Å². The molecule has 1 N–H and O–H groups in total. The molecule has 0 radical (unpaired) electrons. The first-order chi connectivity index (χ1) is 11.2. The van der Waals surface area contributed by atoms with Gasteiger partial charge in [-0.25, -0.2) is 0 Å². The molecule has 23 heavy (non-hydrogen) atoms. The fourth-order valence-corrected chi connectivity index (χ4v) is 3.22. The lowest BCUT2D eigenvalue weighted by Crippen LogP contribution is -2.44. The minimum Gasteiger partial charge on any atom is -0.345 e. The number of likely N-dealkylation sites (tertiary alicyclic amines) is 1. The summed E-state index contributed by atoms with van der Waals surface area (Å²) in [5.74, 6) is 3.18. The molecule has 2 unspecified atom stereocenters. The van der Waals surface area contributed by atoms with Gasteiger partial charge in [0.25, 0.3) is 5.91 Å². The van der Waals surface area contributed by atoms with Crippen LogP contribution >= 0.6 is 0 Å². The number of carbonyl (C=O) groups excluding carboxylic acids is 2. The number of nitrogens with zero attached hydrogens (tertiary/aromatic N) is 1. The maximum absolute atomic E-state index is 12.6. The van der Waals surface area contributed by atoms with E-state index in [1.807, 2.05) is 35.2 Å². The molecule has 1 heterocycles. The molecule has 122 valence electrons. The molecule has 1 fully saturated rings. The standard InChI is InChI=1S/C19H24N2O2/c1-3-11-20-18(22)13-17-10-12-21(14-15(17)4-2)19(23)16-8-6-5-7-9-16/h1,5-9,15,17H,4,10-14H2,2H3,(H,20,22). The van der Waals surface area contributed by atoms with Crippen molar-refractivity contribution < 1.29 is 9.59 Å². The summed E-state index contributed by atoms with van der Waals surface area (Å²) in [7, 11) is 0. The van der Waals surface area contributed by atoms with Gasteiger partial charge in [0.2, 0.25) is 5.91 Å². The first-order valence-electron chi connectivity index (χ1n) is 8.20. The number of nitrogens with one attached hydrogen (secondary N) is 1. The normalized spacial score (nSPS) is 20.6. The molecule has 4 heteroatoms. The molecule has 1 aliphatic heterocycles. The van der Waals surface area contributed by atoms with Crippen LogP contribution < -0.4 is 5.32 Å². The van der Waals surface area contributed by atoms with E-state index in [1.54, 1.807) is 0 Å². The van der Waals surface area contributed by atoms with Gasteiger partial charge in [0.1, 0.15) is 0 Å². The second-order valence-electron chi connectivity index (χ2n) is 6.02. The van der Waals surface area contributed by atoms with Crippen LogP contribution in [0.3, 0.4) is 0 Å². The number of rotatable bonds is 5. The molecule has 1 aliphatic rings. The van der Waals surface area contributed by atoms with Gasteiger partial charge >= 0.3 is 0 Å². The molecule has 0 bridgehead atoms. The molecule has 0 aliphatic carbocycles. The van der Waals surface area contributed by atoms with Gasteiger partial charge in [-0.2, -0.15) is 0 Å². The summed E-state index contributed by atoms with van der Waals surface area (Å²) >= 11 is 0. The highest BCUT2D eigenvalue weighted by atomic mass is 16.2. The fraction of sp³-hybridized carbons (Fsp3) is 0.474. The van der Waals surface area contributed by atoms with Gasteiger partial charge in [-0.1, -0.05) is 37.5 Å². The molecule has 1 aromatic rings. The highest BCUT2D eigenvalue weighted by Crippen LogP contribution is 2.29. The molecule has 4 nitrogen and oxygen atoms in total. The Morgan fingerprint density at radius 3 is 2.70 bits per heavy atom. The molecular formula is C19H24N2O2. The zero-order chi connectivity index (χ0) is 16.7. The third kappa shape index (κ3) is 4.59. The second kappa shape index (κ2) is 8.38. The third-order valence-electron chi connectivity index (χ3n) is 4.56. The molecule has 2 atom stereocenters. The number of amides is 2. The zero-order valence-corrected chi connectivity index (χ0v) is 13.6. The minimum absolute atomic E-state index is 0.00855. The Bertz CT molecular complexity index is 577. The van der Waals surface area contributed by atoms with Crippen LogP contribution in [0.2, 0.25) is 0 Å². The highest BCUT2D eigenvalue weighted by molar-refractivity contribution is 5.94. The van der Waals surface area contributed by atoms with Crippen LogP contribution in [-0.2, 0) is 4.79 Å². The van der Waals surface area contributed by atoms with Gasteiger partial charge in [-0.15, -0.1) is 6.42 Å². The van der Waals surface area contributed by atoms with Crippen molar-refractivity contribution in [3.05, 3.63) is 35.9 Å². The van der Waals surface area contributed by atoms with E-state index in [2.05, 4.69) is 18.2 Å². The molecule has 1 aromatic carbocycles. The van der Waals surface area contributed by atoms with Crippen molar-refractivity contribution in [1.82, 2.24) is 10.2 Å². The summed E-state index contributed by atoms with van der Waals surface area (Å²) in [5.41, 5.74) is 0.729. The van der Waals surface area contributed by atoms with Crippen LogP contribution in [0, 0.1) is 24.2 Å². The fourth-order valence-electron chi connectivity index (χ4n) is 3.22. The van der Waals surface area contributed by atoms with Crippen molar-refractivity contribution in [2.24, 2.45) is 11.8 Å². The van der Waals surface area contributed by atoms with Gasteiger partial charge < -0.3 is 10.2 Å². The lowest BCUT2D eigenvalue weighted by Gasteiger charge is -2.38. The first kappa shape index (κ1) is 17.1. The van der Waals surface area contributed by atoms with Crippen molar-refractivity contribution >= 4 is 11.8 Å². The Labute approximate surface area is 138 Å². The summed E-state index contributed by atoms with van der Waals surface area (Å²) in [4.78, 5) is 26.4. The topological polar surface area (TPSA) is 49.4 Å². The summed E-state index contributed by atoms with van der Waals surface area (Å²) in [6.45, 7) is 3.82.